The lowest BCUT2D eigenvalue weighted by atomic mass is 10.0. The third kappa shape index (κ3) is 3.72. The van der Waals surface area contributed by atoms with Crippen LogP contribution in [0.4, 0.5) is 5.95 Å². The molecule has 4 nitrogen and oxygen atoms in total. The molecule has 0 saturated carbocycles. The summed E-state index contributed by atoms with van der Waals surface area (Å²) in [5.74, 6) is 2.02. The maximum Gasteiger partial charge on any atom is 0.229 e. The van der Waals surface area contributed by atoms with E-state index in [1.807, 2.05) is 26.8 Å². The van der Waals surface area contributed by atoms with Gasteiger partial charge in [-0.2, -0.15) is 4.98 Å². The molecule has 0 spiro atoms. The van der Waals surface area contributed by atoms with Crippen LogP contribution in [0.15, 0.2) is 6.07 Å². The third-order valence-corrected chi connectivity index (χ3v) is 3.59. The number of alkyl halides is 1. The lowest BCUT2D eigenvalue weighted by molar-refractivity contribution is 0.232. The minimum Gasteiger partial charge on any atom is -0.475 e. The van der Waals surface area contributed by atoms with Crippen molar-refractivity contribution < 1.29 is 4.74 Å². The minimum atomic E-state index is 0.118. The van der Waals surface area contributed by atoms with Crippen molar-refractivity contribution in [3.63, 3.8) is 0 Å². The predicted molar refractivity (Wildman–Crippen MR) is 78.2 cm³/mol. The molecule has 2 rings (SSSR count). The molecule has 0 aliphatic carbocycles. The maximum atomic E-state index is 6.06. The summed E-state index contributed by atoms with van der Waals surface area (Å²) in [6.45, 7) is 6.94. The highest BCUT2D eigenvalue weighted by Gasteiger charge is 2.24. The van der Waals surface area contributed by atoms with Crippen molar-refractivity contribution >= 4 is 17.5 Å². The molecular formula is C14H22ClN3O. The van der Waals surface area contributed by atoms with E-state index in [4.69, 9.17) is 16.3 Å². The number of halogens is 1. The van der Waals surface area contributed by atoms with Gasteiger partial charge in [0.25, 0.3) is 0 Å². The number of aryl methyl sites for hydroxylation is 1. The first-order chi connectivity index (χ1) is 9.10. The summed E-state index contributed by atoms with van der Waals surface area (Å²) in [5, 5.41) is 0. The Balaban J connectivity index is 2.24. The van der Waals surface area contributed by atoms with Crippen LogP contribution >= 0.6 is 11.6 Å². The molecule has 0 N–H and O–H groups in total. The van der Waals surface area contributed by atoms with Crippen LogP contribution in [0.25, 0.3) is 0 Å². The first kappa shape index (κ1) is 14.4. The number of piperidine rings is 1. The molecule has 1 aromatic heterocycles. The Morgan fingerprint density at radius 1 is 1.42 bits per heavy atom. The lowest BCUT2D eigenvalue weighted by Crippen LogP contribution is -2.42. The zero-order valence-electron chi connectivity index (χ0n) is 11.9. The van der Waals surface area contributed by atoms with Crippen LogP contribution in [-0.4, -0.2) is 34.5 Å². The highest BCUT2D eigenvalue weighted by Crippen LogP contribution is 2.24. The zero-order valence-corrected chi connectivity index (χ0v) is 12.7. The number of nitrogens with zero attached hydrogens (tertiary/aromatic N) is 3. The van der Waals surface area contributed by atoms with Gasteiger partial charge in [-0.3, -0.25) is 0 Å². The Labute approximate surface area is 120 Å². The fourth-order valence-electron chi connectivity index (χ4n) is 2.38. The molecule has 1 aromatic rings. The summed E-state index contributed by atoms with van der Waals surface area (Å²) in [5.41, 5.74) is 0.930. The van der Waals surface area contributed by atoms with Gasteiger partial charge in [0.1, 0.15) is 0 Å². The first-order valence-corrected chi connectivity index (χ1v) is 7.48. The van der Waals surface area contributed by atoms with Gasteiger partial charge < -0.3 is 9.64 Å². The van der Waals surface area contributed by atoms with Crippen molar-refractivity contribution in [3.05, 3.63) is 11.8 Å². The second kappa shape index (κ2) is 6.42. The van der Waals surface area contributed by atoms with Crippen LogP contribution in [0, 0.1) is 6.92 Å². The van der Waals surface area contributed by atoms with E-state index in [-0.39, 0.29) is 6.10 Å². The number of anilines is 1. The molecule has 1 aliphatic heterocycles. The zero-order chi connectivity index (χ0) is 13.8. The first-order valence-electron chi connectivity index (χ1n) is 6.95. The number of hydrogen-bond donors (Lipinski definition) is 0. The van der Waals surface area contributed by atoms with Gasteiger partial charge in [-0.1, -0.05) is 0 Å². The van der Waals surface area contributed by atoms with Crippen molar-refractivity contribution in [1.82, 2.24) is 9.97 Å². The molecule has 1 saturated heterocycles. The SMILES string of the molecule is Cc1cc(OC(C)C)nc(N2CCCCC2CCl)n1. The molecule has 0 radical (unpaired) electrons. The molecule has 0 amide bonds. The normalized spacial score (nSPS) is 19.8. The van der Waals surface area contributed by atoms with Crippen LogP contribution < -0.4 is 9.64 Å². The average molecular weight is 284 g/mol. The molecule has 0 bridgehead atoms. The van der Waals surface area contributed by atoms with Gasteiger partial charge >= 0.3 is 0 Å². The molecule has 1 atom stereocenters. The molecule has 1 aliphatic rings. The van der Waals surface area contributed by atoms with E-state index in [9.17, 15) is 0 Å². The number of ether oxygens (including phenoxy) is 1. The van der Waals surface area contributed by atoms with E-state index in [2.05, 4.69) is 14.9 Å². The Morgan fingerprint density at radius 2 is 2.21 bits per heavy atom. The van der Waals surface area contributed by atoms with Gasteiger partial charge in [0.2, 0.25) is 11.8 Å². The Bertz CT molecular complexity index is 425. The van der Waals surface area contributed by atoms with Gasteiger partial charge in [-0.05, 0) is 40.0 Å². The molecule has 1 fully saturated rings. The van der Waals surface area contributed by atoms with Crippen molar-refractivity contribution in [2.24, 2.45) is 0 Å². The van der Waals surface area contributed by atoms with Crippen LogP contribution in [0.3, 0.4) is 0 Å². The maximum absolute atomic E-state index is 6.06. The molecule has 0 aromatic carbocycles. The van der Waals surface area contributed by atoms with Crippen molar-refractivity contribution in [2.45, 2.75) is 52.2 Å². The van der Waals surface area contributed by atoms with Crippen molar-refractivity contribution in [3.8, 4) is 5.88 Å². The molecular weight excluding hydrogens is 262 g/mol. The van der Waals surface area contributed by atoms with E-state index in [1.165, 1.54) is 12.8 Å². The lowest BCUT2D eigenvalue weighted by Gasteiger charge is -2.34. The Kier molecular flexibility index (Phi) is 4.86. The second-order valence-corrected chi connectivity index (χ2v) is 5.62. The quantitative estimate of drug-likeness (QED) is 0.796. The third-order valence-electron chi connectivity index (χ3n) is 3.24. The van der Waals surface area contributed by atoms with Gasteiger partial charge in [-0.25, -0.2) is 4.98 Å². The summed E-state index contributed by atoms with van der Waals surface area (Å²) in [4.78, 5) is 11.3. The standard InChI is InChI=1S/C14H22ClN3O/c1-10(2)19-13-8-11(3)16-14(17-13)18-7-5-4-6-12(18)9-15/h8,10,12H,4-7,9H2,1-3H3. The Morgan fingerprint density at radius 3 is 2.89 bits per heavy atom. The van der Waals surface area contributed by atoms with Gasteiger partial charge in [0.05, 0.1) is 6.10 Å². The second-order valence-electron chi connectivity index (χ2n) is 5.31. The largest absolute Gasteiger partial charge is 0.475 e. The van der Waals surface area contributed by atoms with E-state index in [0.717, 1.165) is 24.6 Å². The van der Waals surface area contributed by atoms with Crippen LogP contribution in [0.1, 0.15) is 38.8 Å². The minimum absolute atomic E-state index is 0.118. The molecule has 2 heterocycles. The highest BCUT2D eigenvalue weighted by atomic mass is 35.5. The van der Waals surface area contributed by atoms with Gasteiger partial charge in [0, 0.05) is 30.2 Å². The van der Waals surface area contributed by atoms with E-state index < -0.39 is 0 Å². The van der Waals surface area contributed by atoms with E-state index in [1.54, 1.807) is 0 Å². The van der Waals surface area contributed by atoms with E-state index >= 15 is 0 Å². The highest BCUT2D eigenvalue weighted by molar-refractivity contribution is 6.18. The van der Waals surface area contributed by atoms with Crippen molar-refractivity contribution in [2.75, 3.05) is 17.3 Å². The Hall–Kier alpha value is -1.03. The average Bonchev–Trinajstić information content (AvgIpc) is 2.37. The van der Waals surface area contributed by atoms with Crippen LogP contribution in [0.5, 0.6) is 5.88 Å². The van der Waals surface area contributed by atoms with Crippen LogP contribution in [0.2, 0.25) is 0 Å². The number of hydrogen-bond acceptors (Lipinski definition) is 4. The predicted octanol–water partition coefficient (Wildman–Crippen LogP) is 3.17. The van der Waals surface area contributed by atoms with Gasteiger partial charge in [0.15, 0.2) is 0 Å². The topological polar surface area (TPSA) is 38.2 Å². The molecule has 5 heteroatoms. The van der Waals surface area contributed by atoms with Crippen molar-refractivity contribution in [1.29, 1.82) is 0 Å². The number of aromatic nitrogens is 2. The molecule has 106 valence electrons. The van der Waals surface area contributed by atoms with E-state index in [0.29, 0.717) is 17.8 Å². The fourth-order valence-corrected chi connectivity index (χ4v) is 2.70. The van der Waals surface area contributed by atoms with Crippen LogP contribution in [-0.2, 0) is 0 Å². The fraction of sp³-hybridized carbons (Fsp3) is 0.714. The van der Waals surface area contributed by atoms with Gasteiger partial charge in [-0.15, -0.1) is 11.6 Å². The summed E-state index contributed by atoms with van der Waals surface area (Å²) in [7, 11) is 0. The number of rotatable bonds is 4. The summed E-state index contributed by atoms with van der Waals surface area (Å²) < 4.78 is 5.68. The summed E-state index contributed by atoms with van der Waals surface area (Å²) in [6, 6.07) is 2.22. The molecule has 19 heavy (non-hydrogen) atoms. The summed E-state index contributed by atoms with van der Waals surface area (Å²) in [6.07, 6.45) is 3.63. The summed E-state index contributed by atoms with van der Waals surface area (Å²) >= 11 is 6.06. The smallest absolute Gasteiger partial charge is 0.229 e. The molecule has 1 unspecified atom stereocenters. The monoisotopic (exact) mass is 283 g/mol.